The zero-order valence-electron chi connectivity index (χ0n) is 15.4. The number of halogens is 4. The van der Waals surface area contributed by atoms with E-state index in [0.29, 0.717) is 36.3 Å². The van der Waals surface area contributed by atoms with Crippen molar-refractivity contribution in [1.82, 2.24) is 9.97 Å². The summed E-state index contributed by atoms with van der Waals surface area (Å²) in [4.78, 5) is 32.0. The second-order valence-electron chi connectivity index (χ2n) is 6.97. The molecule has 0 spiro atoms. The first-order valence-corrected chi connectivity index (χ1v) is 9.63. The molecule has 2 aromatic heterocycles. The van der Waals surface area contributed by atoms with Crippen LogP contribution in [0.5, 0.6) is 0 Å². The number of Topliss-reactive ketones (excluding diaryl/α,β-unsaturated/α-hetero) is 1. The minimum absolute atomic E-state index is 0.0312. The molecule has 9 heteroatoms. The molecular weight excluding hydrogens is 407 g/mol. The number of pyridine rings is 2. The molecule has 154 valence electrons. The Morgan fingerprint density at radius 2 is 1.93 bits per heavy atom. The molecule has 0 saturated heterocycles. The van der Waals surface area contributed by atoms with E-state index in [4.69, 9.17) is 11.6 Å². The first kappa shape index (κ1) is 21.2. The molecule has 0 bridgehead atoms. The normalized spacial score (nSPS) is 13.9. The third-order valence-corrected chi connectivity index (χ3v) is 4.92. The number of hydrogen-bond acceptors (Lipinski definition) is 4. The van der Waals surface area contributed by atoms with E-state index in [1.54, 1.807) is 12.1 Å². The van der Waals surface area contributed by atoms with Gasteiger partial charge in [-0.1, -0.05) is 11.6 Å². The van der Waals surface area contributed by atoms with Crippen LogP contribution in [-0.2, 0) is 17.4 Å². The van der Waals surface area contributed by atoms with Gasteiger partial charge in [0.15, 0.2) is 5.78 Å². The Bertz CT molecular complexity index is 914. The number of carbonyl (C=O) groups excluding carboxylic acids is 2. The fourth-order valence-electron chi connectivity index (χ4n) is 2.77. The maximum Gasteiger partial charge on any atom is 0.417 e. The highest BCUT2D eigenvalue weighted by Crippen LogP contribution is 2.31. The first-order valence-electron chi connectivity index (χ1n) is 9.26. The third kappa shape index (κ3) is 6.00. The number of ketones is 1. The van der Waals surface area contributed by atoms with E-state index < -0.39 is 11.7 Å². The molecule has 2 heterocycles. The van der Waals surface area contributed by atoms with E-state index in [1.165, 1.54) is 6.20 Å². The van der Waals surface area contributed by atoms with Crippen LogP contribution in [0.3, 0.4) is 0 Å². The summed E-state index contributed by atoms with van der Waals surface area (Å²) in [7, 11) is 0. The number of aromatic nitrogens is 2. The van der Waals surface area contributed by atoms with Crippen molar-refractivity contribution in [3.8, 4) is 0 Å². The number of rotatable bonds is 8. The van der Waals surface area contributed by atoms with Gasteiger partial charge in [0.2, 0.25) is 5.91 Å². The maximum absolute atomic E-state index is 12.6. The fourth-order valence-corrected chi connectivity index (χ4v) is 3.03. The van der Waals surface area contributed by atoms with E-state index in [-0.39, 0.29) is 29.1 Å². The van der Waals surface area contributed by atoms with Crippen molar-refractivity contribution in [2.24, 2.45) is 5.92 Å². The van der Waals surface area contributed by atoms with E-state index in [1.807, 2.05) is 0 Å². The summed E-state index contributed by atoms with van der Waals surface area (Å²) in [6, 6.07) is 4.00. The van der Waals surface area contributed by atoms with Gasteiger partial charge in [0.25, 0.3) is 0 Å². The SMILES string of the molecule is O=C(CCCCc1ncc(C(F)(F)F)cc1Cl)c1ccnc(NC(=O)C2CC2)c1. The van der Waals surface area contributed by atoms with Gasteiger partial charge in [-0.2, -0.15) is 13.2 Å². The van der Waals surface area contributed by atoms with E-state index in [9.17, 15) is 22.8 Å². The van der Waals surface area contributed by atoms with E-state index >= 15 is 0 Å². The van der Waals surface area contributed by atoms with Crippen molar-refractivity contribution in [2.75, 3.05) is 5.32 Å². The van der Waals surface area contributed by atoms with Gasteiger partial charge >= 0.3 is 6.18 Å². The predicted molar refractivity (Wildman–Crippen MR) is 102 cm³/mol. The van der Waals surface area contributed by atoms with Crippen LogP contribution in [0, 0.1) is 5.92 Å². The molecule has 1 aliphatic carbocycles. The minimum Gasteiger partial charge on any atom is -0.310 e. The number of amides is 1. The van der Waals surface area contributed by atoms with Crippen molar-refractivity contribution < 1.29 is 22.8 Å². The zero-order chi connectivity index (χ0) is 21.0. The maximum atomic E-state index is 12.6. The molecular formula is C20H19ClF3N3O2. The van der Waals surface area contributed by atoms with Crippen LogP contribution in [0.25, 0.3) is 0 Å². The van der Waals surface area contributed by atoms with Crippen molar-refractivity contribution in [3.05, 3.63) is 52.4 Å². The van der Waals surface area contributed by atoms with Crippen LogP contribution >= 0.6 is 11.6 Å². The number of aryl methyl sites for hydroxylation is 1. The summed E-state index contributed by atoms with van der Waals surface area (Å²) in [6.07, 6.45) is 1.24. The highest BCUT2D eigenvalue weighted by molar-refractivity contribution is 6.31. The van der Waals surface area contributed by atoms with Crippen molar-refractivity contribution in [2.45, 2.75) is 44.7 Å². The Morgan fingerprint density at radius 3 is 2.59 bits per heavy atom. The lowest BCUT2D eigenvalue weighted by Crippen LogP contribution is -2.14. The zero-order valence-corrected chi connectivity index (χ0v) is 16.2. The Labute approximate surface area is 170 Å². The Balaban J connectivity index is 1.48. The van der Waals surface area contributed by atoms with Crippen molar-refractivity contribution in [3.63, 3.8) is 0 Å². The van der Waals surface area contributed by atoms with Gasteiger partial charge in [-0.3, -0.25) is 14.6 Å². The van der Waals surface area contributed by atoms with Crippen LogP contribution < -0.4 is 5.32 Å². The molecule has 2 aromatic rings. The molecule has 1 aliphatic rings. The molecule has 0 atom stereocenters. The van der Waals surface area contributed by atoms with Gasteiger partial charge < -0.3 is 5.32 Å². The lowest BCUT2D eigenvalue weighted by molar-refractivity contribution is -0.137. The number of carbonyl (C=O) groups is 2. The number of hydrogen-bond donors (Lipinski definition) is 1. The van der Waals surface area contributed by atoms with Crippen LogP contribution in [-0.4, -0.2) is 21.7 Å². The highest BCUT2D eigenvalue weighted by Gasteiger charge is 2.31. The van der Waals surface area contributed by atoms with Crippen LogP contribution in [0.4, 0.5) is 19.0 Å². The Kier molecular flexibility index (Phi) is 6.52. The van der Waals surface area contributed by atoms with Crippen LogP contribution in [0.2, 0.25) is 5.02 Å². The van der Waals surface area contributed by atoms with Gasteiger partial charge in [-0.15, -0.1) is 0 Å². The number of alkyl halides is 3. The molecule has 0 aliphatic heterocycles. The average molecular weight is 426 g/mol. The molecule has 1 N–H and O–H groups in total. The van der Waals surface area contributed by atoms with E-state index in [2.05, 4.69) is 15.3 Å². The quantitative estimate of drug-likeness (QED) is 0.472. The Morgan fingerprint density at radius 1 is 1.17 bits per heavy atom. The predicted octanol–water partition coefficient (Wildman–Crippen LogP) is 5.09. The fraction of sp³-hybridized carbons (Fsp3) is 0.400. The summed E-state index contributed by atoms with van der Waals surface area (Å²) < 4.78 is 37.9. The van der Waals surface area contributed by atoms with Gasteiger partial charge in [0.1, 0.15) is 5.82 Å². The summed E-state index contributed by atoms with van der Waals surface area (Å²) in [5, 5.41) is 2.67. The number of nitrogens with one attached hydrogen (secondary N) is 1. The lowest BCUT2D eigenvalue weighted by atomic mass is 10.0. The van der Waals surface area contributed by atoms with Crippen molar-refractivity contribution >= 4 is 29.1 Å². The first-order chi connectivity index (χ1) is 13.7. The molecule has 0 unspecified atom stereocenters. The molecule has 1 saturated carbocycles. The van der Waals surface area contributed by atoms with E-state index in [0.717, 1.165) is 25.1 Å². The largest absolute Gasteiger partial charge is 0.417 e. The van der Waals surface area contributed by atoms with Gasteiger partial charge in [0, 0.05) is 30.3 Å². The monoisotopic (exact) mass is 425 g/mol. The minimum atomic E-state index is -4.48. The molecule has 0 aromatic carbocycles. The molecule has 1 amide bonds. The third-order valence-electron chi connectivity index (χ3n) is 4.59. The topological polar surface area (TPSA) is 72.0 Å². The van der Waals surface area contributed by atoms with Crippen LogP contribution in [0.15, 0.2) is 30.6 Å². The van der Waals surface area contributed by atoms with Crippen molar-refractivity contribution in [1.29, 1.82) is 0 Å². The smallest absolute Gasteiger partial charge is 0.310 e. The summed E-state index contributed by atoms with van der Waals surface area (Å²) in [5.74, 6) is 0.221. The average Bonchev–Trinajstić information content (AvgIpc) is 3.51. The van der Waals surface area contributed by atoms with Crippen LogP contribution in [0.1, 0.15) is 53.7 Å². The highest BCUT2D eigenvalue weighted by atomic mass is 35.5. The second kappa shape index (κ2) is 8.90. The lowest BCUT2D eigenvalue weighted by Gasteiger charge is -2.09. The molecule has 1 fully saturated rings. The molecule has 3 rings (SSSR count). The summed E-state index contributed by atoms with van der Waals surface area (Å²) >= 11 is 5.89. The van der Waals surface area contributed by atoms with Gasteiger partial charge in [-0.05, 0) is 50.3 Å². The standard InChI is InChI=1S/C20H19ClF3N3O2/c21-15-10-14(20(22,23)24)11-26-16(15)3-1-2-4-17(28)13-7-8-25-18(9-13)27-19(29)12-5-6-12/h7-12H,1-6H2,(H,25,27,29). The number of nitrogens with zero attached hydrogens (tertiary/aromatic N) is 2. The number of unbranched alkanes of at least 4 members (excludes halogenated alkanes) is 1. The Hall–Kier alpha value is -2.48. The molecule has 5 nitrogen and oxygen atoms in total. The number of anilines is 1. The second-order valence-corrected chi connectivity index (χ2v) is 7.38. The molecule has 0 radical (unpaired) electrons. The van der Waals surface area contributed by atoms with Gasteiger partial charge in [0.05, 0.1) is 16.3 Å². The van der Waals surface area contributed by atoms with Gasteiger partial charge in [-0.25, -0.2) is 4.98 Å². The summed E-state index contributed by atoms with van der Waals surface area (Å²) in [6.45, 7) is 0. The summed E-state index contributed by atoms with van der Waals surface area (Å²) in [5.41, 5.74) is -0.0541. The molecule has 29 heavy (non-hydrogen) atoms.